The Morgan fingerprint density at radius 2 is 1.26 bits per heavy atom. The second-order valence-electron chi connectivity index (χ2n) is 8.87. The van der Waals surface area contributed by atoms with Gasteiger partial charge in [-0.15, -0.1) is 0 Å². The molecule has 0 aliphatic heterocycles. The van der Waals surface area contributed by atoms with Crippen molar-refractivity contribution in [2.45, 2.75) is 19.8 Å². The number of hydrogen-bond acceptors (Lipinski definition) is 5. The third kappa shape index (κ3) is 4.11. The van der Waals surface area contributed by atoms with Crippen LogP contribution in [0.1, 0.15) is 34.0 Å². The molecule has 5 rings (SSSR count). The predicted molar refractivity (Wildman–Crippen MR) is 143 cm³/mol. The number of ether oxygens (including phenoxy) is 1. The van der Waals surface area contributed by atoms with Crippen LogP contribution in [0, 0.1) is 24.0 Å². The van der Waals surface area contributed by atoms with E-state index in [1.165, 1.54) is 22.5 Å². The van der Waals surface area contributed by atoms with Crippen molar-refractivity contribution >= 4 is 5.69 Å². The number of nitrogens with one attached hydrogen (secondary N) is 2. The number of nitrogens with zero attached hydrogens (tertiary/aromatic N) is 3. The van der Waals surface area contributed by atoms with E-state index in [0.717, 1.165) is 0 Å². The van der Waals surface area contributed by atoms with Crippen molar-refractivity contribution in [3.05, 3.63) is 138 Å². The van der Waals surface area contributed by atoms with Gasteiger partial charge in [0.2, 0.25) is 0 Å². The highest BCUT2D eigenvalue weighted by Crippen LogP contribution is 2.38. The quantitative estimate of drug-likeness (QED) is 0.248. The van der Waals surface area contributed by atoms with Gasteiger partial charge in [-0.25, -0.2) is 9.36 Å². The van der Waals surface area contributed by atoms with Crippen LogP contribution in [0.25, 0.3) is 11.4 Å². The summed E-state index contributed by atoms with van der Waals surface area (Å²) in [5.74, 6) is -0.747. The molecule has 0 spiro atoms. The Morgan fingerprint density at radius 1 is 0.789 bits per heavy atom. The van der Waals surface area contributed by atoms with E-state index in [4.69, 9.17) is 4.74 Å². The number of aryl methyl sites for hydroxylation is 2. The van der Waals surface area contributed by atoms with Crippen molar-refractivity contribution in [2.75, 3.05) is 7.11 Å². The van der Waals surface area contributed by atoms with E-state index in [2.05, 4.69) is 10.2 Å². The van der Waals surface area contributed by atoms with Crippen LogP contribution in [0.3, 0.4) is 0 Å². The molecule has 2 N–H and O–H groups in total. The smallest absolute Gasteiger partial charge is 0.277 e. The number of rotatable bonds is 7. The predicted octanol–water partition coefficient (Wildman–Crippen LogP) is 4.36. The number of aromatic nitrogens is 4. The lowest BCUT2D eigenvalue weighted by Gasteiger charge is -2.16. The van der Waals surface area contributed by atoms with E-state index in [-0.39, 0.29) is 22.4 Å². The maximum absolute atomic E-state index is 13.9. The Hall–Kier alpha value is -5.12. The lowest BCUT2D eigenvalue weighted by Crippen LogP contribution is -2.25. The van der Waals surface area contributed by atoms with Crippen LogP contribution in [0.5, 0.6) is 5.75 Å². The average molecular weight is 512 g/mol. The highest BCUT2D eigenvalue weighted by Gasteiger charge is 2.35. The van der Waals surface area contributed by atoms with Gasteiger partial charge in [0, 0.05) is 17.0 Å². The van der Waals surface area contributed by atoms with Crippen LogP contribution < -0.4 is 15.9 Å². The number of nitro groups is 1. The number of H-pyrrole nitrogens is 2. The zero-order valence-corrected chi connectivity index (χ0v) is 21.0. The third-order valence-electron chi connectivity index (χ3n) is 6.59. The summed E-state index contributed by atoms with van der Waals surface area (Å²) in [5.41, 5.74) is 1.78. The van der Waals surface area contributed by atoms with Crippen molar-refractivity contribution in [2.24, 2.45) is 0 Å². The van der Waals surface area contributed by atoms with Gasteiger partial charge in [0.25, 0.3) is 16.8 Å². The third-order valence-corrected chi connectivity index (χ3v) is 6.59. The topological polar surface area (TPSA) is 128 Å². The molecule has 38 heavy (non-hydrogen) atoms. The van der Waals surface area contributed by atoms with Gasteiger partial charge >= 0.3 is 0 Å². The van der Waals surface area contributed by atoms with Crippen LogP contribution in [0.15, 0.2) is 88.5 Å². The standard InChI is InChI=1S/C28H25N5O5/c1-17-24(27(34)31(29-17)19-10-6-4-7-11-19)26(22-15-14-21(38-3)16-23(22)33(36)37)25-18(2)30-32(28(25)35)20-12-8-5-9-13-20/h4-16,26,29-30H,1-3H3. The summed E-state index contributed by atoms with van der Waals surface area (Å²) >= 11 is 0. The molecule has 10 nitrogen and oxygen atoms in total. The second-order valence-corrected chi connectivity index (χ2v) is 8.87. The molecular weight excluding hydrogens is 486 g/mol. The largest absolute Gasteiger partial charge is 0.497 e. The monoisotopic (exact) mass is 511 g/mol. The first kappa shape index (κ1) is 24.6. The van der Waals surface area contributed by atoms with Crippen LogP contribution in [-0.4, -0.2) is 31.6 Å². The Bertz CT molecular complexity index is 1650. The van der Waals surface area contributed by atoms with Gasteiger partial charge in [-0.3, -0.25) is 29.9 Å². The van der Waals surface area contributed by atoms with Crippen LogP contribution in [-0.2, 0) is 0 Å². The van der Waals surface area contributed by atoms with Gasteiger partial charge in [0.15, 0.2) is 0 Å². The van der Waals surface area contributed by atoms with Gasteiger partial charge in [0.05, 0.1) is 46.5 Å². The summed E-state index contributed by atoms with van der Waals surface area (Å²) in [5, 5.41) is 18.4. The molecule has 192 valence electrons. The molecule has 0 aliphatic rings. The molecule has 0 atom stereocenters. The SMILES string of the molecule is COc1ccc(C(c2c(C)[nH]n(-c3ccccc3)c2=O)c2c(C)[nH]n(-c3ccccc3)c2=O)c([N+](=O)[O-])c1. The molecule has 5 aromatic rings. The highest BCUT2D eigenvalue weighted by atomic mass is 16.6. The fraction of sp³-hybridized carbons (Fsp3) is 0.143. The minimum Gasteiger partial charge on any atom is -0.497 e. The fourth-order valence-electron chi connectivity index (χ4n) is 4.82. The van der Waals surface area contributed by atoms with E-state index in [0.29, 0.717) is 28.5 Å². The molecule has 0 fully saturated rings. The normalized spacial score (nSPS) is 11.2. The zero-order valence-electron chi connectivity index (χ0n) is 21.0. The van der Waals surface area contributed by atoms with Crippen molar-refractivity contribution in [3.8, 4) is 17.1 Å². The maximum atomic E-state index is 13.9. The van der Waals surface area contributed by atoms with E-state index in [1.807, 2.05) is 12.1 Å². The molecular formula is C28H25N5O5. The van der Waals surface area contributed by atoms with Crippen molar-refractivity contribution in [1.29, 1.82) is 0 Å². The van der Waals surface area contributed by atoms with Crippen LogP contribution >= 0.6 is 0 Å². The molecule has 2 aromatic heterocycles. The van der Waals surface area contributed by atoms with Crippen LogP contribution in [0.2, 0.25) is 0 Å². The molecule has 0 unspecified atom stereocenters. The van der Waals surface area contributed by atoms with Gasteiger partial charge in [-0.1, -0.05) is 36.4 Å². The molecule has 3 aromatic carbocycles. The lowest BCUT2D eigenvalue weighted by molar-refractivity contribution is -0.385. The molecule has 0 amide bonds. The van der Waals surface area contributed by atoms with E-state index >= 15 is 0 Å². The fourth-order valence-corrected chi connectivity index (χ4v) is 4.82. The Kier molecular flexibility index (Phi) is 6.29. The highest BCUT2D eigenvalue weighted by molar-refractivity contribution is 5.56. The first-order valence-electron chi connectivity index (χ1n) is 11.9. The van der Waals surface area contributed by atoms with E-state index < -0.39 is 22.0 Å². The summed E-state index contributed by atoms with van der Waals surface area (Å²) in [6.07, 6.45) is 0. The van der Waals surface area contributed by atoms with Gasteiger partial charge < -0.3 is 4.74 Å². The number of hydrogen-bond donors (Lipinski definition) is 2. The van der Waals surface area contributed by atoms with Crippen molar-refractivity contribution in [3.63, 3.8) is 0 Å². The van der Waals surface area contributed by atoms with E-state index in [9.17, 15) is 19.7 Å². The minimum atomic E-state index is -1.04. The van der Waals surface area contributed by atoms with E-state index in [1.54, 1.807) is 74.5 Å². The maximum Gasteiger partial charge on any atom is 0.277 e. The summed E-state index contributed by atoms with van der Waals surface area (Å²) in [4.78, 5) is 39.5. The lowest BCUT2D eigenvalue weighted by atomic mass is 9.84. The first-order chi connectivity index (χ1) is 18.3. The summed E-state index contributed by atoms with van der Waals surface area (Å²) in [6, 6.07) is 22.4. The van der Waals surface area contributed by atoms with Gasteiger partial charge in [0.1, 0.15) is 5.75 Å². The number of nitro benzene ring substituents is 1. The minimum absolute atomic E-state index is 0.203. The van der Waals surface area contributed by atoms with Gasteiger partial charge in [-0.2, -0.15) is 0 Å². The number of methoxy groups -OCH3 is 1. The molecule has 2 heterocycles. The molecule has 0 bridgehead atoms. The Morgan fingerprint density at radius 3 is 1.68 bits per heavy atom. The molecule has 0 aliphatic carbocycles. The number of para-hydroxylation sites is 2. The summed E-state index contributed by atoms with van der Waals surface area (Å²) in [7, 11) is 1.42. The molecule has 0 saturated heterocycles. The summed E-state index contributed by atoms with van der Waals surface area (Å²) < 4.78 is 7.98. The molecule has 0 radical (unpaired) electrons. The number of aromatic amines is 2. The summed E-state index contributed by atoms with van der Waals surface area (Å²) in [6.45, 7) is 3.44. The number of benzene rings is 3. The zero-order chi connectivity index (χ0) is 27.0. The Labute approximate surface area is 216 Å². The second kappa shape index (κ2) is 9.74. The Balaban J connectivity index is 1.84. The average Bonchev–Trinajstić information content (AvgIpc) is 3.40. The van der Waals surface area contributed by atoms with Gasteiger partial charge in [-0.05, 0) is 50.2 Å². The van der Waals surface area contributed by atoms with Crippen LogP contribution in [0.4, 0.5) is 5.69 Å². The van der Waals surface area contributed by atoms with Crippen molar-refractivity contribution < 1.29 is 9.66 Å². The first-order valence-corrected chi connectivity index (χ1v) is 11.9. The van der Waals surface area contributed by atoms with Crippen molar-refractivity contribution in [1.82, 2.24) is 19.6 Å². The molecule has 10 heteroatoms. The molecule has 0 saturated carbocycles.